The lowest BCUT2D eigenvalue weighted by molar-refractivity contribution is 0.871. The standard InChI is InChI=1S/C17H11Cl2N5/c18-13(19)15-20-16(12-9-5-2-6-10-12)24-17(22-15)21-14(23-24)11-7-3-1-4-8-11/h1-10,13H. The summed E-state index contributed by atoms with van der Waals surface area (Å²) in [5.74, 6) is 1.87. The average molecular weight is 356 g/mol. The molecule has 7 heteroatoms. The van der Waals surface area contributed by atoms with Crippen molar-refractivity contribution < 1.29 is 0 Å². The van der Waals surface area contributed by atoms with Crippen LogP contribution in [0, 0.1) is 0 Å². The molecule has 2 aromatic heterocycles. The predicted molar refractivity (Wildman–Crippen MR) is 93.9 cm³/mol. The normalized spacial score (nSPS) is 11.3. The average Bonchev–Trinajstić information content (AvgIpc) is 3.06. The maximum Gasteiger partial charge on any atom is 0.256 e. The minimum Gasteiger partial charge on any atom is -0.210 e. The summed E-state index contributed by atoms with van der Waals surface area (Å²) in [5, 5.41) is 4.55. The molecule has 0 fully saturated rings. The summed E-state index contributed by atoms with van der Waals surface area (Å²) in [6, 6.07) is 19.4. The van der Waals surface area contributed by atoms with Crippen LogP contribution in [0.4, 0.5) is 0 Å². The van der Waals surface area contributed by atoms with E-state index >= 15 is 0 Å². The first kappa shape index (κ1) is 15.1. The van der Waals surface area contributed by atoms with E-state index in [1.807, 2.05) is 60.7 Å². The van der Waals surface area contributed by atoms with Crippen LogP contribution >= 0.6 is 23.2 Å². The van der Waals surface area contributed by atoms with Crippen molar-refractivity contribution in [1.29, 1.82) is 0 Å². The first-order chi connectivity index (χ1) is 11.7. The first-order valence-electron chi connectivity index (χ1n) is 7.26. The molecule has 0 radical (unpaired) electrons. The number of fused-ring (bicyclic) bond motifs is 1. The van der Waals surface area contributed by atoms with Crippen LogP contribution in [-0.4, -0.2) is 24.6 Å². The highest BCUT2D eigenvalue weighted by Crippen LogP contribution is 2.26. The molecule has 0 aliphatic carbocycles. The molecule has 0 N–H and O–H groups in total. The fourth-order valence-corrected chi connectivity index (χ4v) is 2.58. The van der Waals surface area contributed by atoms with Gasteiger partial charge in [-0.2, -0.15) is 14.5 Å². The van der Waals surface area contributed by atoms with Gasteiger partial charge < -0.3 is 0 Å². The van der Waals surface area contributed by atoms with E-state index < -0.39 is 4.84 Å². The number of hydrogen-bond acceptors (Lipinski definition) is 4. The lowest BCUT2D eigenvalue weighted by atomic mass is 10.2. The van der Waals surface area contributed by atoms with Crippen molar-refractivity contribution >= 4 is 29.0 Å². The topological polar surface area (TPSA) is 56.0 Å². The van der Waals surface area contributed by atoms with Crippen LogP contribution in [0.5, 0.6) is 0 Å². The quantitative estimate of drug-likeness (QED) is 0.513. The van der Waals surface area contributed by atoms with Crippen molar-refractivity contribution in [3.63, 3.8) is 0 Å². The minimum atomic E-state index is -0.839. The number of alkyl halides is 2. The van der Waals surface area contributed by atoms with Gasteiger partial charge in [0.25, 0.3) is 5.78 Å². The summed E-state index contributed by atoms with van der Waals surface area (Å²) in [6.45, 7) is 0. The zero-order valence-electron chi connectivity index (χ0n) is 12.3. The van der Waals surface area contributed by atoms with Gasteiger partial charge in [0.2, 0.25) is 0 Å². The second-order valence-electron chi connectivity index (χ2n) is 5.09. The number of aromatic nitrogens is 5. The monoisotopic (exact) mass is 355 g/mol. The van der Waals surface area contributed by atoms with Crippen LogP contribution in [0.1, 0.15) is 10.7 Å². The van der Waals surface area contributed by atoms with E-state index in [4.69, 9.17) is 23.2 Å². The van der Waals surface area contributed by atoms with E-state index in [2.05, 4.69) is 20.1 Å². The number of benzene rings is 2. The zero-order chi connectivity index (χ0) is 16.5. The van der Waals surface area contributed by atoms with E-state index in [1.54, 1.807) is 4.52 Å². The van der Waals surface area contributed by atoms with Gasteiger partial charge in [-0.15, -0.1) is 5.10 Å². The van der Waals surface area contributed by atoms with Gasteiger partial charge in [0.15, 0.2) is 22.3 Å². The molecule has 0 amide bonds. The van der Waals surface area contributed by atoms with Crippen LogP contribution < -0.4 is 0 Å². The third kappa shape index (κ3) is 2.72. The lowest BCUT2D eigenvalue weighted by Gasteiger charge is -2.06. The van der Waals surface area contributed by atoms with Gasteiger partial charge in [0, 0.05) is 11.1 Å². The molecule has 24 heavy (non-hydrogen) atoms. The molecule has 0 saturated heterocycles. The van der Waals surface area contributed by atoms with Gasteiger partial charge in [-0.3, -0.25) is 0 Å². The Bertz CT molecular complexity index is 984. The smallest absolute Gasteiger partial charge is 0.210 e. The molecule has 118 valence electrons. The Morgan fingerprint density at radius 1 is 0.750 bits per heavy atom. The molecule has 2 aromatic carbocycles. The van der Waals surface area contributed by atoms with E-state index in [9.17, 15) is 0 Å². The highest BCUT2D eigenvalue weighted by molar-refractivity contribution is 6.43. The largest absolute Gasteiger partial charge is 0.256 e. The van der Waals surface area contributed by atoms with E-state index in [-0.39, 0.29) is 0 Å². The molecule has 0 unspecified atom stereocenters. The predicted octanol–water partition coefficient (Wildman–Crippen LogP) is 4.33. The Hall–Kier alpha value is -2.50. The first-order valence-corrected chi connectivity index (χ1v) is 8.13. The molecule has 2 heterocycles. The number of hydrogen-bond donors (Lipinski definition) is 0. The van der Waals surface area contributed by atoms with Crippen molar-refractivity contribution in [2.45, 2.75) is 4.84 Å². The zero-order valence-corrected chi connectivity index (χ0v) is 13.9. The third-order valence-corrected chi connectivity index (χ3v) is 3.88. The maximum atomic E-state index is 5.97. The van der Waals surface area contributed by atoms with Crippen LogP contribution in [0.15, 0.2) is 60.7 Å². The Morgan fingerprint density at radius 3 is 2.00 bits per heavy atom. The molecule has 4 rings (SSSR count). The van der Waals surface area contributed by atoms with Gasteiger partial charge in [-0.05, 0) is 0 Å². The van der Waals surface area contributed by atoms with Crippen LogP contribution in [-0.2, 0) is 0 Å². The van der Waals surface area contributed by atoms with Gasteiger partial charge in [0.05, 0.1) is 0 Å². The fraction of sp³-hybridized carbons (Fsp3) is 0.0588. The van der Waals surface area contributed by atoms with Gasteiger partial charge >= 0.3 is 0 Å². The molecular formula is C17H11Cl2N5. The second kappa shape index (κ2) is 6.19. The SMILES string of the molecule is ClC(Cl)c1nc(-c2ccccc2)n2nc(-c3ccccc3)nc2n1. The Labute approximate surface area is 147 Å². The molecule has 0 aliphatic heterocycles. The van der Waals surface area contributed by atoms with E-state index in [0.29, 0.717) is 23.3 Å². The lowest BCUT2D eigenvalue weighted by Crippen LogP contribution is -2.05. The van der Waals surface area contributed by atoms with Gasteiger partial charge in [-0.25, -0.2) is 4.98 Å². The number of rotatable bonds is 3. The maximum absolute atomic E-state index is 5.97. The van der Waals surface area contributed by atoms with Crippen molar-refractivity contribution in [2.24, 2.45) is 0 Å². The third-order valence-electron chi connectivity index (χ3n) is 3.48. The van der Waals surface area contributed by atoms with E-state index in [1.165, 1.54) is 0 Å². The van der Waals surface area contributed by atoms with Crippen LogP contribution in [0.3, 0.4) is 0 Å². The van der Waals surface area contributed by atoms with Crippen LogP contribution in [0.2, 0.25) is 0 Å². The Kier molecular flexibility index (Phi) is 3.88. The van der Waals surface area contributed by atoms with Crippen LogP contribution in [0.25, 0.3) is 28.6 Å². The second-order valence-corrected chi connectivity index (χ2v) is 6.18. The van der Waals surface area contributed by atoms with Crippen molar-refractivity contribution in [2.75, 3.05) is 0 Å². The highest BCUT2D eigenvalue weighted by atomic mass is 35.5. The fourth-order valence-electron chi connectivity index (χ4n) is 2.38. The molecule has 0 atom stereocenters. The van der Waals surface area contributed by atoms with Crippen molar-refractivity contribution in [3.8, 4) is 22.8 Å². The highest BCUT2D eigenvalue weighted by Gasteiger charge is 2.17. The van der Waals surface area contributed by atoms with Crippen molar-refractivity contribution in [1.82, 2.24) is 24.6 Å². The summed E-state index contributed by atoms with van der Waals surface area (Å²) in [7, 11) is 0. The van der Waals surface area contributed by atoms with Crippen molar-refractivity contribution in [3.05, 3.63) is 66.5 Å². The summed E-state index contributed by atoms with van der Waals surface area (Å²) >= 11 is 11.9. The molecule has 5 nitrogen and oxygen atoms in total. The number of halogens is 2. The van der Waals surface area contributed by atoms with Gasteiger partial charge in [-0.1, -0.05) is 83.9 Å². The molecular weight excluding hydrogens is 345 g/mol. The van der Waals surface area contributed by atoms with Gasteiger partial charge in [0.1, 0.15) is 0 Å². The molecule has 0 spiro atoms. The number of nitrogens with zero attached hydrogens (tertiary/aromatic N) is 5. The Morgan fingerprint density at radius 2 is 1.38 bits per heavy atom. The molecule has 0 saturated carbocycles. The van der Waals surface area contributed by atoms with E-state index in [0.717, 1.165) is 11.1 Å². The summed E-state index contributed by atoms with van der Waals surface area (Å²) in [4.78, 5) is 12.4. The molecule has 4 aromatic rings. The molecule has 0 aliphatic rings. The Balaban J connectivity index is 1.98. The minimum absolute atomic E-state index is 0.302. The summed E-state index contributed by atoms with van der Waals surface area (Å²) in [5.41, 5.74) is 1.78. The molecule has 0 bridgehead atoms. The summed E-state index contributed by atoms with van der Waals surface area (Å²) in [6.07, 6.45) is 0. The summed E-state index contributed by atoms with van der Waals surface area (Å²) < 4.78 is 1.61.